The molecule has 172 valence electrons. The normalized spacial score (nSPS) is 22.8. The number of ether oxygens (including phenoxy) is 3. The molecular weight excluding hydrogens is 398 g/mol. The maximum absolute atomic E-state index is 12.5. The largest absolute Gasteiger partial charge is 0.445 e. The van der Waals surface area contributed by atoms with Gasteiger partial charge in [-0.3, -0.25) is 0 Å². The monoisotopic (exact) mass is 433 g/mol. The van der Waals surface area contributed by atoms with Crippen LogP contribution in [0.5, 0.6) is 0 Å². The Morgan fingerprint density at radius 3 is 2.55 bits per heavy atom. The molecule has 2 aliphatic heterocycles. The summed E-state index contributed by atoms with van der Waals surface area (Å²) >= 11 is 0. The first-order valence-electron chi connectivity index (χ1n) is 11.0. The highest BCUT2D eigenvalue weighted by molar-refractivity contribution is 5.68. The zero-order valence-corrected chi connectivity index (χ0v) is 19.0. The van der Waals surface area contributed by atoms with Crippen LogP contribution in [0.2, 0.25) is 0 Å². The smallest absolute Gasteiger partial charge is 0.410 e. The maximum Gasteiger partial charge on any atom is 0.410 e. The van der Waals surface area contributed by atoms with Gasteiger partial charge in [-0.15, -0.1) is 0 Å². The van der Waals surface area contributed by atoms with E-state index >= 15 is 0 Å². The highest BCUT2D eigenvalue weighted by atomic mass is 16.6. The fraction of sp³-hybridized carbons (Fsp3) is 0.652. The third kappa shape index (κ3) is 7.11. The summed E-state index contributed by atoms with van der Waals surface area (Å²) in [7, 11) is 0. The van der Waals surface area contributed by atoms with Gasteiger partial charge in [-0.05, 0) is 39.7 Å². The Morgan fingerprint density at radius 2 is 1.84 bits per heavy atom. The summed E-state index contributed by atoms with van der Waals surface area (Å²) in [6.07, 6.45) is 0.139. The highest BCUT2D eigenvalue weighted by Crippen LogP contribution is 2.17. The number of likely N-dealkylation sites (tertiary alicyclic amines) is 1. The molecule has 2 fully saturated rings. The fourth-order valence-corrected chi connectivity index (χ4v) is 3.82. The summed E-state index contributed by atoms with van der Waals surface area (Å²) in [6.45, 7) is 10.7. The van der Waals surface area contributed by atoms with Gasteiger partial charge < -0.3 is 29.3 Å². The lowest BCUT2D eigenvalue weighted by atomic mass is 10.1. The van der Waals surface area contributed by atoms with E-state index in [9.17, 15) is 9.59 Å². The molecule has 1 aromatic carbocycles. The number of benzene rings is 1. The lowest BCUT2D eigenvalue weighted by Crippen LogP contribution is -2.54. The van der Waals surface area contributed by atoms with Crippen LogP contribution in [0.1, 0.15) is 39.7 Å². The van der Waals surface area contributed by atoms with Crippen LogP contribution in [0.3, 0.4) is 0 Å². The number of morpholine rings is 1. The van der Waals surface area contributed by atoms with E-state index in [1.54, 1.807) is 9.80 Å². The van der Waals surface area contributed by atoms with Gasteiger partial charge >= 0.3 is 12.2 Å². The van der Waals surface area contributed by atoms with E-state index < -0.39 is 5.60 Å². The van der Waals surface area contributed by atoms with Crippen molar-refractivity contribution in [1.82, 2.24) is 15.1 Å². The minimum Gasteiger partial charge on any atom is -0.445 e. The van der Waals surface area contributed by atoms with Gasteiger partial charge in [0.2, 0.25) is 0 Å². The van der Waals surface area contributed by atoms with Crippen molar-refractivity contribution >= 4 is 12.2 Å². The molecule has 1 aromatic rings. The molecule has 31 heavy (non-hydrogen) atoms. The number of nitrogens with zero attached hydrogens (tertiary/aromatic N) is 2. The number of rotatable bonds is 5. The first-order chi connectivity index (χ1) is 14.7. The minimum atomic E-state index is -0.496. The van der Waals surface area contributed by atoms with Gasteiger partial charge in [0.15, 0.2) is 0 Å². The van der Waals surface area contributed by atoms with Crippen LogP contribution in [-0.4, -0.2) is 78.6 Å². The third-order valence-corrected chi connectivity index (χ3v) is 5.45. The van der Waals surface area contributed by atoms with E-state index in [0.29, 0.717) is 32.8 Å². The van der Waals surface area contributed by atoms with Crippen molar-refractivity contribution in [2.75, 3.05) is 32.8 Å². The zero-order valence-electron chi connectivity index (χ0n) is 19.0. The molecule has 0 radical (unpaired) electrons. The number of hydrogen-bond acceptors (Lipinski definition) is 6. The SMILES string of the molecule is CC(NC1CCN(C(=O)OC(C)(C)C)C1)C1CN(C(=O)OCc2ccccc2)CCO1. The first kappa shape index (κ1) is 23.3. The maximum atomic E-state index is 12.5. The van der Waals surface area contributed by atoms with Gasteiger partial charge in [0.1, 0.15) is 12.2 Å². The van der Waals surface area contributed by atoms with E-state index in [1.165, 1.54) is 0 Å². The van der Waals surface area contributed by atoms with Crippen molar-refractivity contribution in [3.63, 3.8) is 0 Å². The molecule has 0 bridgehead atoms. The van der Waals surface area contributed by atoms with Crippen LogP contribution in [0, 0.1) is 0 Å². The second-order valence-electron chi connectivity index (χ2n) is 9.26. The van der Waals surface area contributed by atoms with Gasteiger partial charge in [0, 0.05) is 31.7 Å². The van der Waals surface area contributed by atoms with E-state index in [-0.39, 0.29) is 37.0 Å². The molecule has 0 aromatic heterocycles. The molecule has 3 unspecified atom stereocenters. The van der Waals surface area contributed by atoms with Crippen LogP contribution < -0.4 is 5.32 Å². The number of amides is 2. The Hall–Kier alpha value is -2.32. The molecule has 0 saturated carbocycles. The summed E-state index contributed by atoms with van der Waals surface area (Å²) in [5, 5.41) is 3.56. The second-order valence-corrected chi connectivity index (χ2v) is 9.26. The topological polar surface area (TPSA) is 80.3 Å². The van der Waals surface area contributed by atoms with Crippen molar-refractivity contribution in [3.8, 4) is 0 Å². The van der Waals surface area contributed by atoms with Crippen molar-refractivity contribution in [2.45, 2.75) is 64.5 Å². The van der Waals surface area contributed by atoms with E-state index in [1.807, 2.05) is 51.1 Å². The molecule has 2 amide bonds. The Balaban J connectivity index is 1.43. The molecule has 2 heterocycles. The van der Waals surface area contributed by atoms with Crippen LogP contribution in [0.25, 0.3) is 0 Å². The lowest BCUT2D eigenvalue weighted by molar-refractivity contribution is -0.0431. The van der Waals surface area contributed by atoms with Gasteiger partial charge in [-0.1, -0.05) is 30.3 Å². The lowest BCUT2D eigenvalue weighted by Gasteiger charge is -2.36. The standard InChI is InChI=1S/C23H35N3O5/c1-17(24-19-10-11-25(14-19)22(28)31-23(2,3)4)20-15-26(12-13-29-20)21(27)30-16-18-8-6-5-7-9-18/h5-9,17,19-20,24H,10-16H2,1-4H3. The molecule has 3 atom stereocenters. The molecule has 0 aliphatic carbocycles. The number of carbonyl (C=O) groups is 2. The van der Waals surface area contributed by atoms with Crippen molar-refractivity contribution < 1.29 is 23.8 Å². The first-order valence-corrected chi connectivity index (χ1v) is 11.0. The summed E-state index contributed by atoms with van der Waals surface area (Å²) in [4.78, 5) is 28.2. The molecule has 2 aliphatic rings. The molecular formula is C23H35N3O5. The molecule has 8 heteroatoms. The molecule has 2 saturated heterocycles. The number of hydrogen-bond donors (Lipinski definition) is 1. The summed E-state index contributed by atoms with van der Waals surface area (Å²) < 4.78 is 16.8. The highest BCUT2D eigenvalue weighted by Gasteiger charge is 2.34. The number of nitrogens with one attached hydrogen (secondary N) is 1. The predicted octanol–water partition coefficient (Wildman–Crippen LogP) is 3.01. The zero-order chi connectivity index (χ0) is 22.4. The van der Waals surface area contributed by atoms with Crippen LogP contribution in [-0.2, 0) is 20.8 Å². The Morgan fingerprint density at radius 1 is 1.13 bits per heavy atom. The average molecular weight is 434 g/mol. The van der Waals surface area contributed by atoms with Crippen molar-refractivity contribution in [2.24, 2.45) is 0 Å². The summed E-state index contributed by atoms with van der Waals surface area (Å²) in [5.41, 5.74) is 0.469. The van der Waals surface area contributed by atoms with E-state index in [4.69, 9.17) is 14.2 Å². The Labute approximate surface area is 184 Å². The quantitative estimate of drug-likeness (QED) is 0.769. The fourth-order valence-electron chi connectivity index (χ4n) is 3.82. The van der Waals surface area contributed by atoms with E-state index in [2.05, 4.69) is 12.2 Å². The number of carbonyl (C=O) groups excluding carboxylic acids is 2. The van der Waals surface area contributed by atoms with Crippen LogP contribution >= 0.6 is 0 Å². The Bertz CT molecular complexity index is 736. The van der Waals surface area contributed by atoms with Crippen molar-refractivity contribution in [1.29, 1.82) is 0 Å². The van der Waals surface area contributed by atoms with Gasteiger partial charge in [0.25, 0.3) is 0 Å². The van der Waals surface area contributed by atoms with Crippen LogP contribution in [0.4, 0.5) is 9.59 Å². The van der Waals surface area contributed by atoms with Crippen molar-refractivity contribution in [3.05, 3.63) is 35.9 Å². The molecule has 3 rings (SSSR count). The van der Waals surface area contributed by atoms with Gasteiger partial charge in [-0.2, -0.15) is 0 Å². The van der Waals surface area contributed by atoms with Gasteiger partial charge in [0.05, 0.1) is 19.3 Å². The summed E-state index contributed by atoms with van der Waals surface area (Å²) in [5.74, 6) is 0. The second kappa shape index (κ2) is 10.3. The predicted molar refractivity (Wildman–Crippen MR) is 117 cm³/mol. The van der Waals surface area contributed by atoms with E-state index in [0.717, 1.165) is 12.0 Å². The Kier molecular flexibility index (Phi) is 7.78. The third-order valence-electron chi connectivity index (χ3n) is 5.45. The average Bonchev–Trinajstić information content (AvgIpc) is 3.20. The van der Waals surface area contributed by atoms with Gasteiger partial charge in [-0.25, -0.2) is 9.59 Å². The minimum absolute atomic E-state index is 0.0355. The molecule has 1 N–H and O–H groups in total. The van der Waals surface area contributed by atoms with Crippen LogP contribution in [0.15, 0.2) is 30.3 Å². The molecule has 8 nitrogen and oxygen atoms in total. The molecule has 0 spiro atoms. The summed E-state index contributed by atoms with van der Waals surface area (Å²) in [6, 6.07) is 9.86.